The number of H-pyrrole nitrogens is 1. The van der Waals surface area contributed by atoms with E-state index in [1.54, 1.807) is 0 Å². The van der Waals surface area contributed by atoms with E-state index in [0.29, 0.717) is 0 Å². The Morgan fingerprint density at radius 1 is 1.02 bits per heavy atom. The molecule has 1 unspecified atom stereocenters. The fraction of sp³-hybridized carbons (Fsp3) is 0.524. The number of aromatic nitrogens is 8. The summed E-state index contributed by atoms with van der Waals surface area (Å²) in [6.45, 7) is -0.811. The van der Waals surface area contributed by atoms with Crippen LogP contribution in [0.1, 0.15) is 12.5 Å². The predicted molar refractivity (Wildman–Crippen MR) is 159 cm³/mol. The number of anilines is 2. The Balaban J connectivity index is 1.19. The van der Waals surface area contributed by atoms with Gasteiger partial charge in [0.1, 0.15) is 36.3 Å². The number of aromatic amines is 1. The summed E-state index contributed by atoms with van der Waals surface area (Å²) in [7, 11) is -3.94. The number of nitrogens with zero attached hydrogens (tertiary/aromatic N) is 7. The van der Waals surface area contributed by atoms with E-state index in [9.17, 15) is 13.9 Å². The number of nitrogens with two attached hydrogens (primary N) is 2. The first-order chi connectivity index (χ1) is 22.0. The van der Waals surface area contributed by atoms with Crippen LogP contribution < -0.4 is 17.0 Å². The van der Waals surface area contributed by atoms with Crippen LogP contribution in [0.15, 0.2) is 23.8 Å². The average molecular weight is 704 g/mol. The second-order valence-electron chi connectivity index (χ2n) is 10.2. The zero-order chi connectivity index (χ0) is 32.7. The van der Waals surface area contributed by atoms with Crippen molar-refractivity contribution in [3.05, 3.63) is 29.3 Å². The number of ether oxygens (including phenoxy) is 3. The van der Waals surface area contributed by atoms with Gasteiger partial charge < -0.3 is 34.7 Å². The Hall–Kier alpha value is -3.14. The topological polar surface area (TPSA) is 249 Å². The molecule has 5 N–H and O–H groups in total. The quantitative estimate of drug-likeness (QED) is 0.0667. The van der Waals surface area contributed by atoms with Crippen LogP contribution in [0, 0.1) is 0 Å². The van der Waals surface area contributed by atoms with Crippen molar-refractivity contribution in [3.8, 4) is 0 Å². The third-order valence-corrected chi connectivity index (χ3v) is 9.00. The van der Waals surface area contributed by atoms with E-state index in [1.807, 2.05) is 0 Å². The SMILES string of the molecule is BP(=O)(OC[C@H]1O[C@@H](n2cnc3c(N)ncnc32)[C@H](F)[C@@H]1OP=O)O[C@H]1[C@@H](F)[C@H](n2cnc3c(=O)[nH]c(N)nc32)O[C@@H]1COCS. The van der Waals surface area contributed by atoms with Gasteiger partial charge in [0.2, 0.25) is 5.95 Å². The number of rotatable bonds is 12. The average Bonchev–Trinajstić information content (AvgIpc) is 3.77. The number of nitrogens with one attached hydrogen (secondary N) is 1. The lowest BCUT2D eigenvalue weighted by molar-refractivity contribution is -0.0567. The summed E-state index contributed by atoms with van der Waals surface area (Å²) < 4.78 is 92.0. The molecule has 0 amide bonds. The Bertz CT molecular complexity index is 1860. The lowest BCUT2D eigenvalue weighted by Crippen LogP contribution is -2.35. The maximum absolute atomic E-state index is 16.0. The molecule has 246 valence electrons. The van der Waals surface area contributed by atoms with Gasteiger partial charge in [0.05, 0.1) is 31.8 Å². The van der Waals surface area contributed by atoms with Gasteiger partial charge in [-0.25, -0.2) is 33.3 Å². The van der Waals surface area contributed by atoms with Crippen molar-refractivity contribution in [1.29, 1.82) is 0 Å². The van der Waals surface area contributed by atoms with Gasteiger partial charge in [-0.3, -0.25) is 28.0 Å². The van der Waals surface area contributed by atoms with Crippen LogP contribution in [0.2, 0.25) is 0 Å². The number of hydrogen-bond donors (Lipinski definition) is 4. The summed E-state index contributed by atoms with van der Waals surface area (Å²) in [5.74, 6) is -0.220. The molecule has 6 heterocycles. The Kier molecular flexibility index (Phi) is 9.39. The minimum absolute atomic E-state index is 0.0498. The van der Waals surface area contributed by atoms with Gasteiger partial charge in [-0.2, -0.15) is 17.6 Å². The zero-order valence-corrected chi connectivity index (χ0v) is 26.2. The Morgan fingerprint density at radius 3 is 2.37 bits per heavy atom. The summed E-state index contributed by atoms with van der Waals surface area (Å²) >= 11 is 3.99. The molecule has 4 aromatic rings. The van der Waals surface area contributed by atoms with E-state index in [-0.39, 0.29) is 46.6 Å². The molecule has 6 rings (SSSR count). The van der Waals surface area contributed by atoms with Crippen LogP contribution in [-0.2, 0) is 36.9 Å². The predicted octanol–water partition coefficient (Wildman–Crippen LogP) is 0.234. The molecule has 2 aliphatic heterocycles. The zero-order valence-electron chi connectivity index (χ0n) is 23.5. The van der Waals surface area contributed by atoms with Crippen LogP contribution in [0.3, 0.4) is 0 Å². The summed E-state index contributed by atoms with van der Waals surface area (Å²) in [6, 6.07) is 0. The van der Waals surface area contributed by atoms with Crippen LogP contribution in [0.25, 0.3) is 22.3 Å². The van der Waals surface area contributed by atoms with Crippen LogP contribution in [0.4, 0.5) is 20.5 Å². The molecular weight excluding hydrogens is 679 g/mol. The fourth-order valence-corrected chi connectivity index (χ4v) is 6.85. The van der Waals surface area contributed by atoms with Crippen molar-refractivity contribution < 1.29 is 45.7 Å². The number of imidazole rings is 2. The molecule has 0 saturated carbocycles. The van der Waals surface area contributed by atoms with Gasteiger partial charge >= 0.3 is 8.69 Å². The standard InChI is InChI=1S/C21H25BF2N10O9P2S/c22-45(37,39-2-8-13(42-44-36)9(23)19(41-8)33-4-29-11-15(25)27-3-28-16(11)33)43-14-7(1-38-6-46)40-20(10(14)24)34-5-30-12-17(34)31-21(26)32-18(12)35/h3-5,7-10,13-14,19-20,46H,1-2,6,22H2,(H2,25,27,28)(H3,26,31,32,35)/t7-,8-,9-,10-,13-,14-,19-,20-,45?/m1/s1. The summed E-state index contributed by atoms with van der Waals surface area (Å²) in [6.07, 6.45) is -8.58. The molecule has 0 aliphatic carbocycles. The second-order valence-corrected chi connectivity index (χ2v) is 12.8. The summed E-state index contributed by atoms with van der Waals surface area (Å²) in [4.78, 5) is 34.5. The maximum Gasteiger partial charge on any atom is 0.327 e. The number of nitrogen functional groups attached to an aromatic ring is 2. The molecule has 0 aromatic carbocycles. The highest BCUT2D eigenvalue weighted by molar-refractivity contribution is 7.80. The molecule has 2 aliphatic rings. The van der Waals surface area contributed by atoms with Crippen molar-refractivity contribution in [2.24, 2.45) is 0 Å². The van der Waals surface area contributed by atoms with E-state index >= 15 is 8.78 Å². The molecule has 4 aromatic heterocycles. The normalized spacial score (nSPS) is 29.6. The molecule has 9 atom stereocenters. The molecule has 2 saturated heterocycles. The molecule has 0 bridgehead atoms. The summed E-state index contributed by atoms with van der Waals surface area (Å²) in [5, 5.41) is 0. The van der Waals surface area contributed by atoms with Gasteiger partial charge in [-0.15, -0.1) is 0 Å². The third-order valence-electron chi connectivity index (χ3n) is 7.24. The van der Waals surface area contributed by atoms with E-state index in [1.165, 1.54) is 17.2 Å². The van der Waals surface area contributed by atoms with Gasteiger partial charge in [0.25, 0.3) is 20.6 Å². The number of fused-ring (bicyclic) bond motifs is 2. The molecule has 0 radical (unpaired) electrons. The summed E-state index contributed by atoms with van der Waals surface area (Å²) in [5.41, 5.74) is 11.0. The highest BCUT2D eigenvalue weighted by Gasteiger charge is 2.51. The lowest BCUT2D eigenvalue weighted by Gasteiger charge is -2.25. The minimum Gasteiger partial charge on any atom is -0.382 e. The first-order valence-corrected chi connectivity index (χ1v) is 16.7. The van der Waals surface area contributed by atoms with Crippen LogP contribution in [-0.4, -0.2) is 103 Å². The van der Waals surface area contributed by atoms with E-state index in [0.717, 1.165) is 18.5 Å². The highest BCUT2D eigenvalue weighted by Crippen LogP contribution is 2.50. The molecule has 0 spiro atoms. The van der Waals surface area contributed by atoms with E-state index in [4.69, 9.17) is 39.2 Å². The fourth-order valence-electron chi connectivity index (χ4n) is 5.22. The van der Waals surface area contributed by atoms with Crippen molar-refractivity contribution >= 4 is 70.4 Å². The lowest BCUT2D eigenvalue weighted by atomic mass is 10.1. The van der Waals surface area contributed by atoms with Gasteiger partial charge in [-0.1, -0.05) is 0 Å². The first-order valence-electron chi connectivity index (χ1n) is 13.3. The molecular formula is C21H25BF2N10O9P2S. The smallest absolute Gasteiger partial charge is 0.327 e. The van der Waals surface area contributed by atoms with Crippen molar-refractivity contribution in [2.45, 2.75) is 49.2 Å². The van der Waals surface area contributed by atoms with Crippen molar-refractivity contribution in [3.63, 3.8) is 0 Å². The number of thiol groups is 1. The van der Waals surface area contributed by atoms with Crippen LogP contribution >= 0.6 is 28.8 Å². The van der Waals surface area contributed by atoms with E-state index in [2.05, 4.69) is 42.5 Å². The largest absolute Gasteiger partial charge is 0.382 e. The third kappa shape index (κ3) is 6.14. The number of alkyl halides is 2. The molecule has 19 nitrogen and oxygen atoms in total. The van der Waals surface area contributed by atoms with Crippen molar-refractivity contribution in [1.82, 2.24) is 39.0 Å². The van der Waals surface area contributed by atoms with Crippen molar-refractivity contribution in [2.75, 3.05) is 30.6 Å². The minimum atomic E-state index is -4.16. The molecule has 2 fully saturated rings. The van der Waals surface area contributed by atoms with Gasteiger partial charge in [0.15, 0.2) is 47.4 Å². The van der Waals surface area contributed by atoms with E-state index < -0.39 is 77.5 Å². The first kappa shape index (κ1) is 32.8. The Morgan fingerprint density at radius 2 is 1.67 bits per heavy atom. The number of halogens is 2. The molecule has 25 heteroatoms. The van der Waals surface area contributed by atoms with Gasteiger partial charge in [0, 0.05) is 0 Å². The number of hydrogen-bond acceptors (Lipinski definition) is 17. The molecule has 46 heavy (non-hydrogen) atoms. The highest BCUT2D eigenvalue weighted by atomic mass is 32.1. The monoisotopic (exact) mass is 704 g/mol. The van der Waals surface area contributed by atoms with Gasteiger partial charge in [-0.05, 0) is 0 Å². The Labute approximate surface area is 264 Å². The second kappa shape index (κ2) is 13.2. The van der Waals surface area contributed by atoms with Crippen LogP contribution in [0.5, 0.6) is 0 Å². The maximum atomic E-state index is 16.0.